The van der Waals surface area contributed by atoms with Crippen LogP contribution in [0.15, 0.2) is 24.3 Å². The number of benzene rings is 1. The van der Waals surface area contributed by atoms with Crippen molar-refractivity contribution in [2.45, 2.75) is 39.5 Å². The molecule has 20 heavy (non-hydrogen) atoms. The summed E-state index contributed by atoms with van der Waals surface area (Å²) in [6.07, 6.45) is 0.675. The van der Waals surface area contributed by atoms with E-state index in [-0.39, 0.29) is 12.0 Å². The zero-order valence-corrected chi connectivity index (χ0v) is 13.7. The highest BCUT2D eigenvalue weighted by Crippen LogP contribution is 2.44. The van der Waals surface area contributed by atoms with Crippen LogP contribution in [0.4, 0.5) is 0 Å². The fourth-order valence-corrected chi connectivity index (χ4v) is 2.82. The molecule has 4 nitrogen and oxygen atoms in total. The number of aliphatic hydroxyl groups excluding tert-OH is 1. The summed E-state index contributed by atoms with van der Waals surface area (Å²) >= 11 is 0. The van der Waals surface area contributed by atoms with E-state index in [0.717, 1.165) is 11.3 Å². The molecule has 114 valence electrons. The Hall–Kier alpha value is -0.670. The van der Waals surface area contributed by atoms with Crippen LogP contribution in [0.25, 0.3) is 0 Å². The molecule has 0 fully saturated rings. The minimum atomic E-state index is -1.37. The molecule has 0 bridgehead atoms. The average molecular weight is 300 g/mol. The Morgan fingerprint density at radius 2 is 1.70 bits per heavy atom. The summed E-state index contributed by atoms with van der Waals surface area (Å²) in [6, 6.07) is 7.85. The Morgan fingerprint density at radius 3 is 2.25 bits per heavy atom. The average Bonchev–Trinajstić information content (AvgIpc) is 2.39. The van der Waals surface area contributed by atoms with Gasteiger partial charge in [-0.15, -0.1) is 0 Å². The molecule has 0 aliphatic heterocycles. The fraction of sp³-hybridized carbons (Fsp3) is 0.600. The largest absolute Gasteiger partial charge is 0.426 e. The third-order valence-electron chi connectivity index (χ3n) is 2.99. The maximum Gasteiger partial charge on any atom is 0.397 e. The van der Waals surface area contributed by atoms with Gasteiger partial charge in [0, 0.05) is 12.2 Å². The highest BCUT2D eigenvalue weighted by molar-refractivity contribution is 7.42. The lowest BCUT2D eigenvalue weighted by atomic mass is 9.81. The SMILES string of the molecule is CCOP(OCC)Oc1ccccc1C(C)(C)CCO. The molecule has 0 aromatic heterocycles. The number of hydrogen-bond donors (Lipinski definition) is 1. The first-order valence-electron chi connectivity index (χ1n) is 6.99. The minimum absolute atomic E-state index is 0.146. The fourth-order valence-electron chi connectivity index (χ4n) is 1.90. The van der Waals surface area contributed by atoms with Crippen molar-refractivity contribution >= 4 is 8.60 Å². The molecule has 0 radical (unpaired) electrons. The maximum atomic E-state index is 9.22. The van der Waals surface area contributed by atoms with E-state index < -0.39 is 8.60 Å². The van der Waals surface area contributed by atoms with Gasteiger partial charge in [0.2, 0.25) is 0 Å². The van der Waals surface area contributed by atoms with Gasteiger partial charge < -0.3 is 18.7 Å². The molecule has 1 rings (SSSR count). The molecule has 1 aromatic rings. The number of aliphatic hydroxyl groups is 1. The zero-order valence-electron chi connectivity index (χ0n) is 12.8. The molecule has 0 aliphatic rings. The van der Waals surface area contributed by atoms with E-state index in [0.29, 0.717) is 19.6 Å². The lowest BCUT2D eigenvalue weighted by Crippen LogP contribution is -2.19. The van der Waals surface area contributed by atoms with Crippen molar-refractivity contribution in [3.63, 3.8) is 0 Å². The molecule has 0 saturated carbocycles. The summed E-state index contributed by atoms with van der Waals surface area (Å²) in [5, 5.41) is 9.22. The van der Waals surface area contributed by atoms with Gasteiger partial charge in [-0.2, -0.15) is 0 Å². The lowest BCUT2D eigenvalue weighted by molar-refractivity contribution is 0.218. The van der Waals surface area contributed by atoms with Crippen LogP contribution < -0.4 is 4.52 Å². The second-order valence-electron chi connectivity index (χ2n) is 5.00. The summed E-state index contributed by atoms with van der Waals surface area (Å²) in [5.74, 6) is 0.763. The molecule has 0 atom stereocenters. The van der Waals surface area contributed by atoms with Crippen molar-refractivity contribution < 1.29 is 18.7 Å². The van der Waals surface area contributed by atoms with Gasteiger partial charge in [0.05, 0.1) is 13.2 Å². The van der Waals surface area contributed by atoms with E-state index in [2.05, 4.69) is 13.8 Å². The molecule has 0 spiro atoms. The zero-order chi connectivity index (χ0) is 15.0. The van der Waals surface area contributed by atoms with E-state index in [1.807, 2.05) is 38.1 Å². The maximum absolute atomic E-state index is 9.22. The van der Waals surface area contributed by atoms with Gasteiger partial charge in [-0.25, -0.2) is 0 Å². The Kier molecular flexibility index (Phi) is 7.46. The van der Waals surface area contributed by atoms with Gasteiger partial charge >= 0.3 is 8.60 Å². The van der Waals surface area contributed by atoms with Crippen LogP contribution in [0.3, 0.4) is 0 Å². The third-order valence-corrected chi connectivity index (χ3v) is 4.28. The molecular weight excluding hydrogens is 275 g/mol. The van der Waals surface area contributed by atoms with Crippen molar-refractivity contribution in [2.24, 2.45) is 0 Å². The van der Waals surface area contributed by atoms with Crippen molar-refractivity contribution in [1.29, 1.82) is 0 Å². The lowest BCUT2D eigenvalue weighted by Gasteiger charge is -2.27. The number of hydrogen-bond acceptors (Lipinski definition) is 4. The van der Waals surface area contributed by atoms with Crippen LogP contribution in [0.2, 0.25) is 0 Å². The Bertz CT molecular complexity index is 389. The molecule has 0 aliphatic carbocycles. The highest BCUT2D eigenvalue weighted by Gasteiger charge is 2.25. The predicted octanol–water partition coefficient (Wildman–Crippen LogP) is 4.03. The molecule has 0 amide bonds. The van der Waals surface area contributed by atoms with Crippen LogP contribution in [0, 0.1) is 0 Å². The summed E-state index contributed by atoms with van der Waals surface area (Å²) < 4.78 is 16.9. The monoisotopic (exact) mass is 300 g/mol. The van der Waals surface area contributed by atoms with Crippen molar-refractivity contribution in [2.75, 3.05) is 19.8 Å². The Morgan fingerprint density at radius 1 is 1.10 bits per heavy atom. The van der Waals surface area contributed by atoms with Gasteiger partial charge in [0.1, 0.15) is 5.75 Å². The number of para-hydroxylation sites is 1. The number of rotatable bonds is 9. The van der Waals surface area contributed by atoms with Gasteiger partial charge in [-0.1, -0.05) is 32.0 Å². The van der Waals surface area contributed by atoms with Crippen molar-refractivity contribution in [3.8, 4) is 5.75 Å². The van der Waals surface area contributed by atoms with Gasteiger partial charge in [-0.05, 0) is 31.7 Å². The second kappa shape index (κ2) is 8.58. The molecule has 1 N–H and O–H groups in total. The first-order chi connectivity index (χ1) is 9.55. The summed E-state index contributed by atoms with van der Waals surface area (Å²) in [5.41, 5.74) is 0.895. The molecular formula is C15H25O4P. The van der Waals surface area contributed by atoms with E-state index in [1.54, 1.807) is 0 Å². The second-order valence-corrected chi connectivity index (χ2v) is 6.15. The smallest absolute Gasteiger partial charge is 0.397 e. The van der Waals surface area contributed by atoms with Crippen LogP contribution in [0.1, 0.15) is 39.7 Å². The molecule has 0 saturated heterocycles. The molecule has 0 unspecified atom stereocenters. The van der Waals surface area contributed by atoms with Crippen molar-refractivity contribution in [1.82, 2.24) is 0 Å². The first-order valence-corrected chi connectivity index (χ1v) is 8.09. The van der Waals surface area contributed by atoms with Gasteiger partial charge in [0.25, 0.3) is 0 Å². The highest BCUT2D eigenvalue weighted by atomic mass is 31.2. The van der Waals surface area contributed by atoms with Crippen LogP contribution in [0.5, 0.6) is 5.75 Å². The van der Waals surface area contributed by atoms with Crippen LogP contribution >= 0.6 is 8.60 Å². The van der Waals surface area contributed by atoms with E-state index in [1.165, 1.54) is 0 Å². The summed E-state index contributed by atoms with van der Waals surface area (Å²) in [6.45, 7) is 9.26. The standard InChI is InChI=1S/C15H25O4P/c1-5-17-20(18-6-2)19-14-10-8-7-9-13(14)15(3,4)11-12-16/h7-10,16H,5-6,11-12H2,1-4H3. The van der Waals surface area contributed by atoms with Crippen LogP contribution in [-0.4, -0.2) is 24.9 Å². The van der Waals surface area contributed by atoms with E-state index >= 15 is 0 Å². The predicted molar refractivity (Wildman–Crippen MR) is 82.0 cm³/mol. The van der Waals surface area contributed by atoms with E-state index in [4.69, 9.17) is 13.6 Å². The molecule has 1 aromatic carbocycles. The van der Waals surface area contributed by atoms with Crippen molar-refractivity contribution in [3.05, 3.63) is 29.8 Å². The summed E-state index contributed by atoms with van der Waals surface area (Å²) in [4.78, 5) is 0. The topological polar surface area (TPSA) is 47.9 Å². The Labute approximate surface area is 123 Å². The quantitative estimate of drug-likeness (QED) is 0.700. The molecule has 5 heteroatoms. The normalized spacial score (nSPS) is 11.9. The third kappa shape index (κ3) is 5.02. The van der Waals surface area contributed by atoms with Gasteiger partial charge in [0.15, 0.2) is 0 Å². The molecule has 0 heterocycles. The summed E-state index contributed by atoms with van der Waals surface area (Å²) in [7, 11) is -1.37. The van der Waals surface area contributed by atoms with Crippen LogP contribution in [-0.2, 0) is 14.5 Å². The Balaban J connectivity index is 2.94. The first kappa shape index (κ1) is 17.4. The van der Waals surface area contributed by atoms with E-state index in [9.17, 15) is 5.11 Å². The minimum Gasteiger partial charge on any atom is -0.426 e. The van der Waals surface area contributed by atoms with Gasteiger partial charge in [-0.3, -0.25) is 0 Å².